The summed E-state index contributed by atoms with van der Waals surface area (Å²) >= 11 is 0. The van der Waals surface area contributed by atoms with Crippen molar-refractivity contribution in [3.8, 4) is 0 Å². The summed E-state index contributed by atoms with van der Waals surface area (Å²) in [6, 6.07) is 7.19. The van der Waals surface area contributed by atoms with Gasteiger partial charge in [0.05, 0.1) is 23.9 Å². The van der Waals surface area contributed by atoms with Crippen molar-refractivity contribution in [3.63, 3.8) is 0 Å². The van der Waals surface area contributed by atoms with Gasteiger partial charge in [-0.25, -0.2) is 0 Å². The third kappa shape index (κ3) is 2.16. The molecule has 1 aromatic carbocycles. The minimum Gasteiger partial charge on any atom is -0.381 e. The third-order valence-corrected chi connectivity index (χ3v) is 4.21. The van der Waals surface area contributed by atoms with Crippen LogP contribution in [-0.2, 0) is 10.2 Å². The van der Waals surface area contributed by atoms with Crippen molar-refractivity contribution in [1.82, 2.24) is 9.78 Å². The summed E-state index contributed by atoms with van der Waals surface area (Å²) in [6.45, 7) is 6.75. The number of methoxy groups -OCH3 is 1. The number of benzene rings is 1. The maximum Gasteiger partial charge on any atom is 0.0688 e. The number of aromatic nitrogens is 2. The Morgan fingerprint density at radius 2 is 2.00 bits per heavy atom. The van der Waals surface area contributed by atoms with Crippen LogP contribution in [0.5, 0.6) is 0 Å². The van der Waals surface area contributed by atoms with Crippen LogP contribution in [0.1, 0.15) is 45.2 Å². The normalized spacial score (nSPS) is 23.6. The largest absolute Gasteiger partial charge is 0.381 e. The molecule has 1 fully saturated rings. The number of hydrogen-bond acceptors (Lipinski definition) is 2. The van der Waals surface area contributed by atoms with E-state index >= 15 is 0 Å². The maximum absolute atomic E-state index is 5.36. The summed E-state index contributed by atoms with van der Waals surface area (Å²) in [5.74, 6) is 0. The molecule has 3 rings (SSSR count). The van der Waals surface area contributed by atoms with E-state index in [4.69, 9.17) is 4.74 Å². The number of nitrogens with zero attached hydrogens (tertiary/aromatic N) is 2. The van der Waals surface area contributed by atoms with Gasteiger partial charge >= 0.3 is 0 Å². The lowest BCUT2D eigenvalue weighted by Crippen LogP contribution is -2.33. The lowest BCUT2D eigenvalue weighted by Gasteiger charge is -2.34. The zero-order valence-corrected chi connectivity index (χ0v) is 12.2. The molecule has 1 aromatic heterocycles. The number of rotatable bonds is 2. The van der Waals surface area contributed by atoms with Crippen molar-refractivity contribution in [1.29, 1.82) is 0 Å². The SMILES string of the molecule is CO[C@H]1C[C@@H](n2ncc3ccc(C(C)(C)C)cc32)C1. The molecule has 1 aliphatic carbocycles. The van der Waals surface area contributed by atoms with Crippen LogP contribution in [0.2, 0.25) is 0 Å². The molecule has 3 nitrogen and oxygen atoms in total. The zero-order valence-electron chi connectivity index (χ0n) is 12.2. The van der Waals surface area contributed by atoms with Crippen LogP contribution in [0.15, 0.2) is 24.4 Å². The summed E-state index contributed by atoms with van der Waals surface area (Å²) in [7, 11) is 1.79. The van der Waals surface area contributed by atoms with Crippen LogP contribution >= 0.6 is 0 Å². The number of fused-ring (bicyclic) bond motifs is 1. The van der Waals surface area contributed by atoms with Crippen LogP contribution in [-0.4, -0.2) is 23.0 Å². The smallest absolute Gasteiger partial charge is 0.0688 e. The molecule has 0 saturated heterocycles. The molecule has 3 heteroatoms. The summed E-state index contributed by atoms with van der Waals surface area (Å²) in [4.78, 5) is 0. The van der Waals surface area contributed by atoms with E-state index < -0.39 is 0 Å². The molecule has 1 saturated carbocycles. The van der Waals surface area contributed by atoms with Crippen molar-refractivity contribution in [3.05, 3.63) is 30.0 Å². The minimum atomic E-state index is 0.179. The Balaban J connectivity index is 1.97. The Bertz CT molecular complexity index is 588. The molecule has 0 radical (unpaired) electrons. The molecule has 1 aliphatic rings. The fourth-order valence-electron chi connectivity index (χ4n) is 2.73. The third-order valence-electron chi connectivity index (χ3n) is 4.21. The molecular weight excluding hydrogens is 236 g/mol. The van der Waals surface area contributed by atoms with Gasteiger partial charge in [-0.3, -0.25) is 4.68 Å². The monoisotopic (exact) mass is 258 g/mol. The summed E-state index contributed by atoms with van der Waals surface area (Å²) in [5.41, 5.74) is 2.80. The molecule has 1 heterocycles. The molecule has 102 valence electrons. The molecule has 0 bridgehead atoms. The second-order valence-electron chi connectivity index (χ2n) is 6.60. The molecular formula is C16H22N2O. The van der Waals surface area contributed by atoms with E-state index in [-0.39, 0.29) is 5.41 Å². The van der Waals surface area contributed by atoms with Crippen molar-refractivity contribution in [2.24, 2.45) is 0 Å². The van der Waals surface area contributed by atoms with Gasteiger partial charge < -0.3 is 4.74 Å². The van der Waals surface area contributed by atoms with Crippen LogP contribution in [0, 0.1) is 0 Å². The molecule has 19 heavy (non-hydrogen) atoms. The predicted octanol–water partition coefficient (Wildman–Crippen LogP) is 3.68. The summed E-state index contributed by atoms with van der Waals surface area (Å²) in [5, 5.41) is 5.80. The van der Waals surface area contributed by atoms with Crippen LogP contribution < -0.4 is 0 Å². The fraction of sp³-hybridized carbons (Fsp3) is 0.562. The highest BCUT2D eigenvalue weighted by Gasteiger charge is 2.32. The topological polar surface area (TPSA) is 27.1 Å². The van der Waals surface area contributed by atoms with Gasteiger partial charge in [-0.2, -0.15) is 5.10 Å². The first-order valence-corrected chi connectivity index (χ1v) is 6.99. The Morgan fingerprint density at radius 1 is 1.26 bits per heavy atom. The van der Waals surface area contributed by atoms with Gasteiger partial charge in [0.1, 0.15) is 0 Å². The van der Waals surface area contributed by atoms with E-state index in [1.807, 2.05) is 6.20 Å². The summed E-state index contributed by atoms with van der Waals surface area (Å²) < 4.78 is 7.54. The van der Waals surface area contributed by atoms with Crippen LogP contribution in [0.25, 0.3) is 10.9 Å². The highest BCUT2D eigenvalue weighted by molar-refractivity contribution is 5.79. The van der Waals surface area contributed by atoms with E-state index in [0.717, 1.165) is 12.8 Å². The Kier molecular flexibility index (Phi) is 2.90. The molecule has 2 aromatic rings. The Labute approximate surface area is 114 Å². The summed E-state index contributed by atoms with van der Waals surface area (Å²) in [6.07, 6.45) is 4.54. The highest BCUT2D eigenvalue weighted by atomic mass is 16.5. The van der Waals surface area contributed by atoms with Gasteiger partial charge in [0.15, 0.2) is 0 Å². The molecule has 0 spiro atoms. The molecule has 0 amide bonds. The Morgan fingerprint density at radius 3 is 2.63 bits per heavy atom. The van der Waals surface area contributed by atoms with E-state index in [2.05, 4.69) is 48.8 Å². The van der Waals surface area contributed by atoms with Gasteiger partial charge in [-0.1, -0.05) is 32.9 Å². The fourth-order valence-corrected chi connectivity index (χ4v) is 2.73. The van der Waals surface area contributed by atoms with Crippen LogP contribution in [0.4, 0.5) is 0 Å². The molecule has 0 aliphatic heterocycles. The molecule has 0 N–H and O–H groups in total. The second-order valence-corrected chi connectivity index (χ2v) is 6.60. The van der Waals surface area contributed by atoms with Gasteiger partial charge in [-0.15, -0.1) is 0 Å². The average molecular weight is 258 g/mol. The quantitative estimate of drug-likeness (QED) is 0.821. The van der Waals surface area contributed by atoms with E-state index in [1.54, 1.807) is 7.11 Å². The van der Waals surface area contributed by atoms with Crippen molar-refractivity contribution < 1.29 is 4.74 Å². The Hall–Kier alpha value is -1.35. The van der Waals surface area contributed by atoms with E-state index in [1.165, 1.54) is 16.5 Å². The standard InChI is InChI=1S/C16H22N2O/c1-16(2,3)12-6-5-11-10-17-18(15(11)7-12)13-8-14(9-13)19-4/h5-7,10,13-14H,8-9H2,1-4H3/t13-,14+. The zero-order chi connectivity index (χ0) is 13.6. The van der Waals surface area contributed by atoms with Crippen molar-refractivity contribution in [2.75, 3.05) is 7.11 Å². The minimum absolute atomic E-state index is 0.179. The first-order chi connectivity index (χ1) is 8.99. The van der Waals surface area contributed by atoms with Gasteiger partial charge in [-0.05, 0) is 29.9 Å². The first-order valence-electron chi connectivity index (χ1n) is 6.99. The van der Waals surface area contributed by atoms with Crippen LogP contribution in [0.3, 0.4) is 0 Å². The van der Waals surface area contributed by atoms with Gasteiger partial charge in [0.2, 0.25) is 0 Å². The van der Waals surface area contributed by atoms with Crippen molar-refractivity contribution in [2.45, 2.75) is 51.2 Å². The number of hydrogen-bond donors (Lipinski definition) is 0. The maximum atomic E-state index is 5.36. The molecule has 0 unspecified atom stereocenters. The van der Waals surface area contributed by atoms with Gasteiger partial charge in [0.25, 0.3) is 0 Å². The molecule has 0 atom stereocenters. The lowest BCUT2D eigenvalue weighted by atomic mass is 9.86. The van der Waals surface area contributed by atoms with Gasteiger partial charge in [0, 0.05) is 12.5 Å². The predicted molar refractivity (Wildman–Crippen MR) is 77.5 cm³/mol. The highest BCUT2D eigenvalue weighted by Crippen LogP contribution is 2.36. The van der Waals surface area contributed by atoms with E-state index in [0.29, 0.717) is 12.1 Å². The van der Waals surface area contributed by atoms with E-state index in [9.17, 15) is 0 Å². The second kappa shape index (κ2) is 4.34. The van der Waals surface area contributed by atoms with Crippen molar-refractivity contribution >= 4 is 10.9 Å². The number of ether oxygens (including phenoxy) is 1. The average Bonchev–Trinajstić information content (AvgIpc) is 2.70. The first kappa shape index (κ1) is 12.7. The lowest BCUT2D eigenvalue weighted by molar-refractivity contribution is 0.00387.